The number of aromatic hydroxyl groups is 1. The Morgan fingerprint density at radius 3 is 2.19 bits per heavy atom. The second-order valence-corrected chi connectivity index (χ2v) is 8.16. The number of phenols is 1. The molecule has 2 aromatic carbocycles. The smallest absolute Gasteiger partial charge is 0.387 e. The van der Waals surface area contributed by atoms with Crippen LogP contribution in [0.1, 0.15) is 49.3 Å². The van der Waals surface area contributed by atoms with Gasteiger partial charge in [0.05, 0.1) is 16.6 Å². The number of hydrogen-bond donors (Lipinski definition) is 1. The van der Waals surface area contributed by atoms with Crippen molar-refractivity contribution in [3.63, 3.8) is 0 Å². The minimum atomic E-state index is -2.97. The van der Waals surface area contributed by atoms with Crippen molar-refractivity contribution in [3.05, 3.63) is 53.2 Å². The zero-order valence-corrected chi connectivity index (χ0v) is 17.8. The van der Waals surface area contributed by atoms with Gasteiger partial charge in [0.2, 0.25) is 0 Å². The molecule has 0 aliphatic rings. The first-order valence-corrected chi connectivity index (χ1v) is 9.57. The highest BCUT2D eigenvalue weighted by atomic mass is 19.3. The van der Waals surface area contributed by atoms with Crippen LogP contribution in [0, 0.1) is 6.92 Å². The molecule has 0 saturated carbocycles. The van der Waals surface area contributed by atoms with E-state index in [2.05, 4.69) is 4.74 Å². The van der Waals surface area contributed by atoms with Crippen LogP contribution in [-0.4, -0.2) is 28.2 Å². The third-order valence-electron chi connectivity index (χ3n) is 4.82. The number of hydrogen-bond acceptors (Lipinski definition) is 5. The first kappa shape index (κ1) is 22.3. The lowest BCUT2D eigenvalue weighted by Crippen LogP contribution is -2.14. The van der Waals surface area contributed by atoms with Crippen molar-refractivity contribution in [1.82, 2.24) is 4.57 Å². The lowest BCUT2D eigenvalue weighted by molar-refractivity contribution is -0.131. The Bertz CT molecular complexity index is 1160. The van der Waals surface area contributed by atoms with Gasteiger partial charge in [0, 0.05) is 18.1 Å². The normalized spacial score (nSPS) is 11.7. The number of benzene rings is 2. The van der Waals surface area contributed by atoms with Crippen molar-refractivity contribution < 1.29 is 33.0 Å². The summed E-state index contributed by atoms with van der Waals surface area (Å²) in [6, 6.07) is 8.37. The fraction of sp³-hybridized carbons (Fsp3) is 0.304. The monoisotopic (exact) mass is 431 g/mol. The molecule has 0 bridgehead atoms. The number of halogens is 2. The lowest BCUT2D eigenvalue weighted by Gasteiger charge is -2.22. The Kier molecular flexibility index (Phi) is 5.76. The van der Waals surface area contributed by atoms with Crippen molar-refractivity contribution in [1.29, 1.82) is 0 Å². The molecule has 1 heterocycles. The van der Waals surface area contributed by atoms with Crippen LogP contribution in [0.4, 0.5) is 8.78 Å². The second-order valence-electron chi connectivity index (χ2n) is 8.16. The fourth-order valence-corrected chi connectivity index (χ4v) is 3.66. The molecule has 0 saturated heterocycles. The molecule has 0 aliphatic carbocycles. The maximum atomic E-state index is 13.3. The lowest BCUT2D eigenvalue weighted by atomic mass is 9.84. The number of alkyl halides is 2. The molecule has 0 fully saturated rings. The van der Waals surface area contributed by atoms with Crippen molar-refractivity contribution in [2.75, 3.05) is 0 Å². The van der Waals surface area contributed by atoms with E-state index in [4.69, 9.17) is 4.74 Å². The van der Waals surface area contributed by atoms with Gasteiger partial charge >= 0.3 is 12.6 Å². The van der Waals surface area contributed by atoms with Crippen LogP contribution >= 0.6 is 0 Å². The molecule has 0 amide bonds. The zero-order valence-electron chi connectivity index (χ0n) is 17.8. The number of rotatable bonds is 4. The molecule has 0 atom stereocenters. The van der Waals surface area contributed by atoms with E-state index in [1.807, 2.05) is 20.8 Å². The quantitative estimate of drug-likeness (QED) is 0.577. The van der Waals surface area contributed by atoms with Crippen molar-refractivity contribution in [2.45, 2.75) is 46.6 Å². The van der Waals surface area contributed by atoms with E-state index in [-0.39, 0.29) is 22.8 Å². The molecule has 0 radical (unpaired) electrons. The first-order valence-electron chi connectivity index (χ1n) is 9.57. The molecule has 3 aromatic rings. The van der Waals surface area contributed by atoms with Gasteiger partial charge in [-0.25, -0.2) is 0 Å². The van der Waals surface area contributed by atoms with Gasteiger partial charge in [0.25, 0.3) is 5.91 Å². The molecule has 6 nitrogen and oxygen atoms in total. The minimum Gasteiger partial charge on any atom is -0.508 e. The third kappa shape index (κ3) is 4.23. The van der Waals surface area contributed by atoms with Crippen LogP contribution in [-0.2, 0) is 10.2 Å². The Labute approximate surface area is 178 Å². The maximum Gasteiger partial charge on any atom is 0.387 e. The van der Waals surface area contributed by atoms with Crippen LogP contribution in [0.3, 0.4) is 0 Å². The molecule has 1 N–H and O–H groups in total. The Morgan fingerprint density at radius 1 is 1.06 bits per heavy atom. The van der Waals surface area contributed by atoms with Gasteiger partial charge in [0.1, 0.15) is 11.5 Å². The van der Waals surface area contributed by atoms with Crippen molar-refractivity contribution in [3.8, 4) is 17.2 Å². The number of carbonyl (C=O) groups is 2. The summed E-state index contributed by atoms with van der Waals surface area (Å²) < 4.78 is 35.9. The zero-order chi connectivity index (χ0) is 23.1. The van der Waals surface area contributed by atoms with Crippen LogP contribution < -0.4 is 9.47 Å². The largest absolute Gasteiger partial charge is 0.508 e. The van der Waals surface area contributed by atoms with E-state index >= 15 is 0 Å². The number of nitrogens with zero attached hydrogens (tertiary/aromatic N) is 1. The van der Waals surface area contributed by atoms with Gasteiger partial charge in [-0.2, -0.15) is 8.78 Å². The van der Waals surface area contributed by atoms with E-state index in [1.165, 1.54) is 41.8 Å². The highest BCUT2D eigenvalue weighted by molar-refractivity contribution is 6.07. The van der Waals surface area contributed by atoms with Crippen LogP contribution in [0.25, 0.3) is 10.9 Å². The van der Waals surface area contributed by atoms with E-state index in [0.717, 1.165) is 0 Å². The van der Waals surface area contributed by atoms with Crippen LogP contribution in [0.5, 0.6) is 17.2 Å². The van der Waals surface area contributed by atoms with Gasteiger partial charge < -0.3 is 14.6 Å². The third-order valence-corrected chi connectivity index (χ3v) is 4.82. The number of carbonyl (C=O) groups excluding carboxylic acids is 2. The molecule has 1 aromatic heterocycles. The van der Waals surface area contributed by atoms with Gasteiger partial charge in [-0.05, 0) is 48.7 Å². The number of aromatic nitrogens is 1. The van der Waals surface area contributed by atoms with Crippen molar-refractivity contribution >= 4 is 22.8 Å². The Balaban J connectivity index is 2.24. The van der Waals surface area contributed by atoms with E-state index in [0.29, 0.717) is 22.2 Å². The standard InChI is InChI=1S/C23H23F2NO5/c1-12-20(30-13(2)27)18-16(10-11-17(28)19(18)23(3,4)5)26(12)21(29)14-6-8-15(9-7-14)31-22(24)25/h6-11,22,28H,1-5H3. The summed E-state index contributed by atoms with van der Waals surface area (Å²) in [6.07, 6.45) is 0. The van der Waals surface area contributed by atoms with Crippen molar-refractivity contribution in [2.24, 2.45) is 0 Å². The fourth-order valence-electron chi connectivity index (χ4n) is 3.66. The highest BCUT2D eigenvalue weighted by Crippen LogP contribution is 2.44. The Morgan fingerprint density at radius 2 is 1.68 bits per heavy atom. The average Bonchev–Trinajstić information content (AvgIpc) is 2.91. The van der Waals surface area contributed by atoms with Crippen LogP contribution in [0.15, 0.2) is 36.4 Å². The van der Waals surface area contributed by atoms with Gasteiger partial charge in [0.15, 0.2) is 5.75 Å². The predicted octanol–water partition coefficient (Wildman–Crippen LogP) is 5.17. The SMILES string of the molecule is CC(=O)Oc1c(C)n(C(=O)c2ccc(OC(F)F)cc2)c2ccc(O)c(C(C)(C)C)c12. The summed E-state index contributed by atoms with van der Waals surface area (Å²) in [5.41, 5.74) is 1.07. The van der Waals surface area contributed by atoms with E-state index in [9.17, 15) is 23.5 Å². The number of phenolic OH excluding ortho intramolecular Hbond substituents is 1. The van der Waals surface area contributed by atoms with E-state index < -0.39 is 23.9 Å². The minimum absolute atomic E-state index is 0.0199. The number of ether oxygens (including phenoxy) is 2. The molecule has 0 unspecified atom stereocenters. The molecule has 164 valence electrons. The highest BCUT2D eigenvalue weighted by Gasteiger charge is 2.30. The summed E-state index contributed by atoms with van der Waals surface area (Å²) >= 11 is 0. The maximum absolute atomic E-state index is 13.3. The summed E-state index contributed by atoms with van der Waals surface area (Å²) in [6.45, 7) is 5.62. The molecular formula is C23H23F2NO5. The average molecular weight is 431 g/mol. The summed E-state index contributed by atoms with van der Waals surface area (Å²) in [4.78, 5) is 25.1. The summed E-state index contributed by atoms with van der Waals surface area (Å²) in [7, 11) is 0. The topological polar surface area (TPSA) is 77.8 Å². The van der Waals surface area contributed by atoms with Crippen LogP contribution in [0.2, 0.25) is 0 Å². The molecule has 0 aliphatic heterocycles. The summed E-state index contributed by atoms with van der Waals surface area (Å²) in [5, 5.41) is 11.0. The van der Waals surface area contributed by atoms with Gasteiger partial charge in [-0.3, -0.25) is 14.2 Å². The molecular weight excluding hydrogens is 408 g/mol. The Hall–Kier alpha value is -3.42. The van der Waals surface area contributed by atoms with E-state index in [1.54, 1.807) is 13.0 Å². The second kappa shape index (κ2) is 8.02. The number of esters is 1. The van der Waals surface area contributed by atoms with Gasteiger partial charge in [-0.15, -0.1) is 0 Å². The molecule has 31 heavy (non-hydrogen) atoms. The predicted molar refractivity (Wildman–Crippen MR) is 111 cm³/mol. The van der Waals surface area contributed by atoms with Gasteiger partial charge in [-0.1, -0.05) is 20.8 Å². The number of fused-ring (bicyclic) bond motifs is 1. The first-order chi connectivity index (χ1) is 14.4. The summed E-state index contributed by atoms with van der Waals surface area (Å²) in [5.74, 6) is -0.872. The molecule has 8 heteroatoms. The molecule has 0 spiro atoms. The molecule has 3 rings (SSSR count).